The number of fused-ring (bicyclic) bond motifs is 3. The molecule has 1 fully saturated rings. The molecule has 148 valence electrons. The highest BCUT2D eigenvalue weighted by Gasteiger charge is 2.19. The van der Waals surface area contributed by atoms with E-state index in [1.807, 2.05) is 6.07 Å². The second-order valence-electron chi connectivity index (χ2n) is 7.81. The molecule has 4 nitrogen and oxygen atoms in total. The molecule has 0 bridgehead atoms. The monoisotopic (exact) mass is 378 g/mol. The molecule has 0 unspecified atom stereocenters. The number of aromatic nitrogens is 1. The first-order chi connectivity index (χ1) is 13.7. The normalized spacial score (nSPS) is 16.2. The van der Waals surface area contributed by atoms with Crippen molar-refractivity contribution in [2.75, 3.05) is 26.2 Å². The number of benzene rings is 2. The molecule has 1 aromatic heterocycles. The lowest BCUT2D eigenvalue weighted by Crippen LogP contribution is -2.37. The van der Waals surface area contributed by atoms with Crippen LogP contribution in [0.1, 0.15) is 43.5 Å². The molecule has 0 aliphatic carbocycles. The molecule has 2 heterocycles. The van der Waals surface area contributed by atoms with E-state index >= 15 is 0 Å². The Morgan fingerprint density at radius 2 is 1.79 bits per heavy atom. The maximum Gasteiger partial charge on any atom is 0.159 e. The summed E-state index contributed by atoms with van der Waals surface area (Å²) in [4.78, 5) is 14.4. The number of likely N-dealkylation sites (tertiary alicyclic amines) is 1. The summed E-state index contributed by atoms with van der Waals surface area (Å²) < 4.78 is 8.16. The van der Waals surface area contributed by atoms with Gasteiger partial charge in [0.05, 0.1) is 6.10 Å². The van der Waals surface area contributed by atoms with Crippen molar-refractivity contribution >= 4 is 27.6 Å². The van der Waals surface area contributed by atoms with Crippen LogP contribution in [0.2, 0.25) is 0 Å². The lowest BCUT2D eigenvalue weighted by Gasteiger charge is -2.31. The highest BCUT2D eigenvalue weighted by molar-refractivity contribution is 6.10. The molecule has 0 spiro atoms. The fourth-order valence-electron chi connectivity index (χ4n) is 4.50. The van der Waals surface area contributed by atoms with E-state index < -0.39 is 0 Å². The summed E-state index contributed by atoms with van der Waals surface area (Å²) in [5, 5.41) is 2.50. The Morgan fingerprint density at radius 3 is 2.54 bits per heavy atom. The molecule has 0 amide bonds. The van der Waals surface area contributed by atoms with Crippen LogP contribution in [-0.4, -0.2) is 47.6 Å². The highest BCUT2D eigenvalue weighted by atomic mass is 16.5. The summed E-state index contributed by atoms with van der Waals surface area (Å²) in [5.41, 5.74) is 3.21. The van der Waals surface area contributed by atoms with Crippen LogP contribution in [0.25, 0.3) is 21.8 Å². The van der Waals surface area contributed by atoms with E-state index in [9.17, 15) is 4.79 Å². The molecule has 3 aromatic rings. The summed E-state index contributed by atoms with van der Waals surface area (Å²) in [5.74, 6) is 0.121. The summed E-state index contributed by atoms with van der Waals surface area (Å²) in [6.07, 6.45) is 3.84. The van der Waals surface area contributed by atoms with Crippen LogP contribution >= 0.6 is 0 Å². The standard InChI is InChI=1S/C24H30N2O2/c1-3-28-20-11-15-25(16-12-20)13-6-14-26-23-8-5-4-7-21(23)22-10-9-19(18(2)27)17-24(22)26/h4-5,7-10,17,20H,3,6,11-16H2,1-2H3. The lowest BCUT2D eigenvalue weighted by atomic mass is 10.1. The summed E-state index contributed by atoms with van der Waals surface area (Å²) in [7, 11) is 0. The molecule has 1 aliphatic heterocycles. The first kappa shape index (κ1) is 19.2. The summed E-state index contributed by atoms with van der Waals surface area (Å²) in [6.45, 7) is 8.88. The van der Waals surface area contributed by atoms with Crippen molar-refractivity contribution in [1.29, 1.82) is 0 Å². The van der Waals surface area contributed by atoms with Gasteiger partial charge in [-0.05, 0) is 51.8 Å². The number of ether oxygens (including phenoxy) is 1. The van der Waals surface area contributed by atoms with Gasteiger partial charge in [-0.2, -0.15) is 0 Å². The van der Waals surface area contributed by atoms with Gasteiger partial charge in [-0.3, -0.25) is 4.79 Å². The molecule has 0 N–H and O–H groups in total. The Bertz CT molecular complexity index is 967. The van der Waals surface area contributed by atoms with Crippen LogP contribution in [-0.2, 0) is 11.3 Å². The van der Waals surface area contributed by atoms with Crippen LogP contribution < -0.4 is 0 Å². The van der Waals surface area contributed by atoms with E-state index in [2.05, 4.69) is 52.8 Å². The van der Waals surface area contributed by atoms with Crippen molar-refractivity contribution in [3.8, 4) is 0 Å². The molecule has 28 heavy (non-hydrogen) atoms. The van der Waals surface area contributed by atoms with Crippen molar-refractivity contribution < 1.29 is 9.53 Å². The third kappa shape index (κ3) is 3.85. The molecular weight excluding hydrogens is 348 g/mol. The summed E-state index contributed by atoms with van der Waals surface area (Å²) in [6, 6.07) is 14.7. The number of carbonyl (C=O) groups is 1. The minimum Gasteiger partial charge on any atom is -0.378 e. The van der Waals surface area contributed by atoms with Gasteiger partial charge in [-0.1, -0.05) is 30.3 Å². The molecule has 2 aromatic carbocycles. The second-order valence-corrected chi connectivity index (χ2v) is 7.81. The van der Waals surface area contributed by atoms with Gasteiger partial charge in [0.15, 0.2) is 5.78 Å². The highest BCUT2D eigenvalue weighted by Crippen LogP contribution is 2.30. The number of rotatable bonds is 7. The third-order valence-electron chi connectivity index (χ3n) is 5.97. The van der Waals surface area contributed by atoms with Crippen molar-refractivity contribution in [3.05, 3.63) is 48.0 Å². The first-order valence-electron chi connectivity index (χ1n) is 10.5. The largest absolute Gasteiger partial charge is 0.378 e. The zero-order valence-corrected chi connectivity index (χ0v) is 17.0. The Hall–Kier alpha value is -2.17. The van der Waals surface area contributed by atoms with E-state index in [0.717, 1.165) is 57.6 Å². The van der Waals surface area contributed by atoms with Crippen molar-refractivity contribution in [2.24, 2.45) is 0 Å². The predicted molar refractivity (Wildman–Crippen MR) is 115 cm³/mol. The van der Waals surface area contributed by atoms with Crippen molar-refractivity contribution in [2.45, 2.75) is 45.8 Å². The van der Waals surface area contributed by atoms with Crippen LogP contribution in [0.5, 0.6) is 0 Å². The van der Waals surface area contributed by atoms with Gasteiger partial charge in [-0.15, -0.1) is 0 Å². The van der Waals surface area contributed by atoms with E-state index in [-0.39, 0.29) is 5.78 Å². The van der Waals surface area contributed by atoms with Gasteiger partial charge >= 0.3 is 0 Å². The van der Waals surface area contributed by atoms with Crippen molar-refractivity contribution in [1.82, 2.24) is 9.47 Å². The Balaban J connectivity index is 1.51. The predicted octanol–water partition coefficient (Wildman–Crippen LogP) is 4.89. The fraction of sp³-hybridized carbons (Fsp3) is 0.458. The number of carbonyl (C=O) groups excluding carboxylic acids is 1. The van der Waals surface area contributed by atoms with Gasteiger partial charge in [0.1, 0.15) is 0 Å². The van der Waals surface area contributed by atoms with Gasteiger partial charge in [-0.25, -0.2) is 0 Å². The molecule has 4 heteroatoms. The van der Waals surface area contributed by atoms with Gasteiger partial charge in [0.2, 0.25) is 0 Å². The molecular formula is C24H30N2O2. The Labute approximate surface area is 167 Å². The minimum absolute atomic E-state index is 0.121. The average Bonchev–Trinajstić information content (AvgIpc) is 3.03. The van der Waals surface area contributed by atoms with Crippen molar-refractivity contribution in [3.63, 3.8) is 0 Å². The summed E-state index contributed by atoms with van der Waals surface area (Å²) >= 11 is 0. The number of para-hydroxylation sites is 1. The fourth-order valence-corrected chi connectivity index (χ4v) is 4.50. The van der Waals surface area contributed by atoms with E-state index in [4.69, 9.17) is 4.74 Å². The number of hydrogen-bond acceptors (Lipinski definition) is 3. The average molecular weight is 379 g/mol. The minimum atomic E-state index is 0.121. The smallest absolute Gasteiger partial charge is 0.159 e. The van der Waals surface area contributed by atoms with E-state index in [1.54, 1.807) is 6.92 Å². The number of hydrogen-bond donors (Lipinski definition) is 0. The van der Waals surface area contributed by atoms with Gasteiger partial charge in [0, 0.05) is 53.6 Å². The Morgan fingerprint density at radius 1 is 1.04 bits per heavy atom. The zero-order chi connectivity index (χ0) is 19.5. The van der Waals surface area contributed by atoms with Crippen LogP contribution in [0.3, 0.4) is 0 Å². The Kier molecular flexibility index (Phi) is 5.79. The molecule has 0 atom stereocenters. The quantitative estimate of drug-likeness (QED) is 0.549. The van der Waals surface area contributed by atoms with Crippen LogP contribution in [0.15, 0.2) is 42.5 Å². The molecule has 1 saturated heterocycles. The van der Waals surface area contributed by atoms with Crippen LogP contribution in [0.4, 0.5) is 0 Å². The maximum atomic E-state index is 11.9. The number of piperidine rings is 1. The number of aryl methyl sites for hydroxylation is 1. The topological polar surface area (TPSA) is 34.5 Å². The van der Waals surface area contributed by atoms with Gasteiger partial charge < -0.3 is 14.2 Å². The molecule has 1 aliphatic rings. The lowest BCUT2D eigenvalue weighted by molar-refractivity contribution is 0.0139. The number of ketones is 1. The SMILES string of the molecule is CCOC1CCN(CCCn2c3ccccc3c3ccc(C(C)=O)cc32)CC1. The zero-order valence-electron chi connectivity index (χ0n) is 17.0. The number of nitrogens with zero attached hydrogens (tertiary/aromatic N) is 2. The molecule has 4 rings (SSSR count). The molecule has 0 radical (unpaired) electrons. The van der Waals surface area contributed by atoms with Crippen LogP contribution in [0, 0.1) is 0 Å². The van der Waals surface area contributed by atoms with Gasteiger partial charge in [0.25, 0.3) is 0 Å². The maximum absolute atomic E-state index is 11.9. The molecule has 0 saturated carbocycles. The first-order valence-corrected chi connectivity index (χ1v) is 10.5. The second kappa shape index (κ2) is 8.46. The number of Topliss-reactive ketones (excluding diaryl/α,β-unsaturated/α-hetero) is 1. The third-order valence-corrected chi connectivity index (χ3v) is 5.97. The van der Waals surface area contributed by atoms with E-state index in [1.165, 1.54) is 21.8 Å². The van der Waals surface area contributed by atoms with E-state index in [0.29, 0.717) is 6.10 Å².